The van der Waals surface area contributed by atoms with Crippen LogP contribution in [0.5, 0.6) is 17.2 Å². The van der Waals surface area contributed by atoms with E-state index >= 15 is 0 Å². The van der Waals surface area contributed by atoms with E-state index < -0.39 is 6.04 Å². The van der Waals surface area contributed by atoms with Gasteiger partial charge in [0.15, 0.2) is 4.80 Å². The van der Waals surface area contributed by atoms with Gasteiger partial charge in [-0.2, -0.15) is 0 Å². The second kappa shape index (κ2) is 10.7. The molecule has 1 amide bonds. The zero-order chi connectivity index (χ0) is 26.8. The number of para-hydroxylation sites is 1. The van der Waals surface area contributed by atoms with Crippen LogP contribution in [0.15, 0.2) is 81.0 Å². The highest BCUT2D eigenvalue weighted by molar-refractivity contribution is 7.10. The summed E-state index contributed by atoms with van der Waals surface area (Å²) in [4.78, 5) is 33.5. The summed E-state index contributed by atoms with van der Waals surface area (Å²) >= 11 is 2.74. The Morgan fingerprint density at radius 1 is 1.03 bits per heavy atom. The molecule has 38 heavy (non-hydrogen) atoms. The zero-order valence-corrected chi connectivity index (χ0v) is 22.8. The number of thiazole rings is 1. The molecule has 0 spiro atoms. The van der Waals surface area contributed by atoms with Crippen LogP contribution in [0.2, 0.25) is 0 Å². The Balaban J connectivity index is 1.68. The first-order chi connectivity index (χ1) is 18.4. The van der Waals surface area contributed by atoms with Gasteiger partial charge in [-0.25, -0.2) is 4.99 Å². The first kappa shape index (κ1) is 25.5. The third kappa shape index (κ3) is 4.64. The Bertz CT molecular complexity index is 1680. The van der Waals surface area contributed by atoms with Crippen LogP contribution in [0, 0.1) is 0 Å². The number of hydrogen-bond acceptors (Lipinski definition) is 8. The van der Waals surface area contributed by atoms with Crippen LogP contribution < -0.4 is 34.4 Å². The van der Waals surface area contributed by atoms with Gasteiger partial charge < -0.3 is 19.5 Å². The number of rotatable bonds is 7. The van der Waals surface area contributed by atoms with E-state index in [4.69, 9.17) is 14.2 Å². The van der Waals surface area contributed by atoms with Crippen molar-refractivity contribution in [3.05, 3.63) is 101 Å². The standard InChI is InChI=1S/C28H25N3O5S2/c1-16-24(26(32)30-17-9-6-5-7-10-17)25(22-11-8-12-37-22)31-27(33)23(38-28(31)29-16)15-19-20(35-3)13-18(34-2)14-21(19)36-4/h5-15,25H,1-4H3,(H,30,32). The van der Waals surface area contributed by atoms with Gasteiger partial charge >= 0.3 is 0 Å². The van der Waals surface area contributed by atoms with E-state index in [1.54, 1.807) is 51.0 Å². The summed E-state index contributed by atoms with van der Waals surface area (Å²) in [6.45, 7) is 1.80. The fourth-order valence-electron chi connectivity index (χ4n) is 4.35. The molecule has 0 fully saturated rings. The number of fused-ring (bicyclic) bond motifs is 1. The van der Waals surface area contributed by atoms with Gasteiger partial charge in [-0.15, -0.1) is 11.3 Å². The predicted molar refractivity (Wildman–Crippen MR) is 149 cm³/mol. The van der Waals surface area contributed by atoms with Crippen molar-refractivity contribution < 1.29 is 19.0 Å². The fourth-order valence-corrected chi connectivity index (χ4v) is 6.21. The molecule has 8 nitrogen and oxygen atoms in total. The largest absolute Gasteiger partial charge is 0.496 e. The highest BCUT2D eigenvalue weighted by Crippen LogP contribution is 2.35. The Kier molecular flexibility index (Phi) is 7.17. The summed E-state index contributed by atoms with van der Waals surface area (Å²) in [6.07, 6.45) is 1.73. The number of thiophene rings is 1. The van der Waals surface area contributed by atoms with Gasteiger partial charge in [0.1, 0.15) is 23.3 Å². The Hall–Kier alpha value is -4.15. The Morgan fingerprint density at radius 3 is 2.34 bits per heavy atom. The number of hydrogen-bond donors (Lipinski definition) is 1. The third-order valence-electron chi connectivity index (χ3n) is 6.14. The van der Waals surface area contributed by atoms with Crippen molar-refractivity contribution in [3.8, 4) is 17.2 Å². The number of aromatic nitrogens is 1. The van der Waals surface area contributed by atoms with Crippen molar-refractivity contribution in [1.82, 2.24) is 4.57 Å². The molecule has 1 atom stereocenters. The molecule has 0 saturated carbocycles. The molecule has 3 heterocycles. The van der Waals surface area contributed by atoms with Crippen molar-refractivity contribution in [2.75, 3.05) is 26.6 Å². The average Bonchev–Trinajstić information content (AvgIpc) is 3.57. The van der Waals surface area contributed by atoms with Crippen molar-refractivity contribution >= 4 is 40.3 Å². The topological polar surface area (TPSA) is 91.2 Å². The van der Waals surface area contributed by atoms with Gasteiger partial charge in [-0.1, -0.05) is 35.6 Å². The number of methoxy groups -OCH3 is 3. The monoisotopic (exact) mass is 547 g/mol. The van der Waals surface area contributed by atoms with Crippen molar-refractivity contribution in [2.24, 2.45) is 4.99 Å². The summed E-state index contributed by atoms with van der Waals surface area (Å²) < 4.78 is 18.5. The molecule has 1 unspecified atom stereocenters. The van der Waals surface area contributed by atoms with E-state index in [9.17, 15) is 9.59 Å². The van der Waals surface area contributed by atoms with Gasteiger partial charge in [-0.05, 0) is 36.6 Å². The maximum atomic E-state index is 13.9. The van der Waals surface area contributed by atoms with Crippen molar-refractivity contribution in [1.29, 1.82) is 0 Å². The smallest absolute Gasteiger partial charge is 0.271 e. The summed E-state index contributed by atoms with van der Waals surface area (Å²) in [5.41, 5.74) is 1.99. The number of anilines is 1. The summed E-state index contributed by atoms with van der Waals surface area (Å²) in [7, 11) is 4.65. The van der Waals surface area contributed by atoms with Crippen LogP contribution in [-0.4, -0.2) is 31.8 Å². The molecule has 1 aliphatic rings. The molecule has 0 radical (unpaired) electrons. The van der Waals surface area contributed by atoms with E-state index in [-0.39, 0.29) is 11.5 Å². The lowest BCUT2D eigenvalue weighted by Crippen LogP contribution is -2.40. The second-order valence-electron chi connectivity index (χ2n) is 8.36. The van der Waals surface area contributed by atoms with Crippen LogP contribution in [0.1, 0.15) is 23.4 Å². The zero-order valence-electron chi connectivity index (χ0n) is 21.2. The normalized spacial score (nSPS) is 15.1. The lowest BCUT2D eigenvalue weighted by Gasteiger charge is -2.24. The highest BCUT2D eigenvalue weighted by atomic mass is 32.1. The lowest BCUT2D eigenvalue weighted by atomic mass is 10.0. The second-order valence-corrected chi connectivity index (χ2v) is 10.4. The van der Waals surface area contributed by atoms with Crippen LogP contribution in [-0.2, 0) is 4.79 Å². The first-order valence-corrected chi connectivity index (χ1v) is 13.4. The molecule has 2 aromatic carbocycles. The molecule has 2 aromatic heterocycles. The van der Waals surface area contributed by atoms with Gasteiger partial charge in [0, 0.05) is 22.7 Å². The number of nitrogens with one attached hydrogen (secondary N) is 1. The van der Waals surface area contributed by atoms with Gasteiger partial charge in [0.05, 0.1) is 42.7 Å². The number of carbonyl (C=O) groups is 1. The molecule has 5 rings (SSSR count). The predicted octanol–water partition coefficient (Wildman–Crippen LogP) is 3.96. The van der Waals surface area contributed by atoms with Crippen molar-refractivity contribution in [3.63, 3.8) is 0 Å². The van der Waals surface area contributed by atoms with Gasteiger partial charge in [0.25, 0.3) is 11.5 Å². The summed E-state index contributed by atoms with van der Waals surface area (Å²) in [5, 5.41) is 4.89. The highest BCUT2D eigenvalue weighted by Gasteiger charge is 2.33. The van der Waals surface area contributed by atoms with E-state index in [2.05, 4.69) is 10.3 Å². The number of benzene rings is 2. The number of allylic oxidation sites excluding steroid dienone is 1. The molecule has 194 valence electrons. The minimum absolute atomic E-state index is 0.260. The molecule has 1 aliphatic heterocycles. The molecule has 10 heteroatoms. The van der Waals surface area contributed by atoms with Crippen LogP contribution in [0.4, 0.5) is 5.69 Å². The van der Waals surface area contributed by atoms with E-state index in [1.807, 2.05) is 47.8 Å². The van der Waals surface area contributed by atoms with E-state index in [0.29, 0.717) is 49.1 Å². The van der Waals surface area contributed by atoms with Gasteiger partial charge in [-0.3, -0.25) is 14.2 Å². The van der Waals surface area contributed by atoms with Crippen LogP contribution in [0.3, 0.4) is 0 Å². The van der Waals surface area contributed by atoms with Gasteiger partial charge in [0.2, 0.25) is 0 Å². The fraction of sp³-hybridized carbons (Fsp3) is 0.179. The molecular weight excluding hydrogens is 522 g/mol. The Morgan fingerprint density at radius 2 is 1.74 bits per heavy atom. The molecule has 1 N–H and O–H groups in total. The molecule has 4 aromatic rings. The Labute approximate surface area is 226 Å². The third-order valence-corrected chi connectivity index (χ3v) is 8.05. The maximum absolute atomic E-state index is 13.9. The van der Waals surface area contributed by atoms with Crippen LogP contribution in [0.25, 0.3) is 6.08 Å². The SMILES string of the molecule is COc1cc(OC)c(C=c2sc3n(c2=O)C(c2cccs2)C(C(=O)Nc2ccccc2)=C(C)N=3)c(OC)c1. The van der Waals surface area contributed by atoms with E-state index in [0.717, 1.165) is 4.88 Å². The average molecular weight is 548 g/mol. The number of amides is 1. The van der Waals surface area contributed by atoms with Crippen LogP contribution >= 0.6 is 22.7 Å². The summed E-state index contributed by atoms with van der Waals surface area (Å²) in [6, 6.07) is 15.9. The first-order valence-electron chi connectivity index (χ1n) is 11.7. The summed E-state index contributed by atoms with van der Waals surface area (Å²) in [5.74, 6) is 1.27. The molecule has 0 aliphatic carbocycles. The number of carbonyl (C=O) groups excluding carboxylic acids is 1. The molecule has 0 saturated heterocycles. The quantitative estimate of drug-likeness (QED) is 0.378. The minimum Gasteiger partial charge on any atom is -0.496 e. The lowest BCUT2D eigenvalue weighted by molar-refractivity contribution is -0.113. The number of ether oxygens (including phenoxy) is 3. The number of nitrogens with zero attached hydrogens (tertiary/aromatic N) is 2. The van der Waals surface area contributed by atoms with E-state index in [1.165, 1.54) is 22.7 Å². The molecular formula is C28H25N3O5S2. The molecule has 0 bridgehead atoms. The van der Waals surface area contributed by atoms with Crippen molar-refractivity contribution in [2.45, 2.75) is 13.0 Å². The minimum atomic E-state index is -0.614. The maximum Gasteiger partial charge on any atom is 0.271 e.